The van der Waals surface area contributed by atoms with E-state index < -0.39 is 21.8 Å². The molecule has 0 aliphatic heterocycles. The predicted molar refractivity (Wildman–Crippen MR) is 119 cm³/mol. The molecule has 0 spiro atoms. The smallest absolute Gasteiger partial charge is 0.324 e. The highest BCUT2D eigenvalue weighted by Gasteiger charge is 2.47. The van der Waals surface area contributed by atoms with Crippen molar-refractivity contribution in [1.29, 1.82) is 0 Å². The highest BCUT2D eigenvalue weighted by Crippen LogP contribution is 2.44. The van der Waals surface area contributed by atoms with E-state index in [9.17, 15) is 4.79 Å². The Bertz CT molecular complexity index is 654. The maximum absolute atomic E-state index is 12.9. The topological polar surface area (TPSA) is 35.5 Å². The van der Waals surface area contributed by atoms with Crippen molar-refractivity contribution in [1.82, 2.24) is 0 Å². The van der Waals surface area contributed by atoms with Crippen molar-refractivity contribution in [3.63, 3.8) is 0 Å². The number of hydrogen-bond donors (Lipinski definition) is 0. The summed E-state index contributed by atoms with van der Waals surface area (Å²) in [5.41, 5.74) is 2.66. The zero-order chi connectivity index (χ0) is 20.7. The first kappa shape index (κ1) is 23.5. The molecule has 1 rings (SSSR count). The Kier molecular flexibility index (Phi) is 8.37. The number of allylic oxidation sites excluding steroid dienone is 5. The maximum Gasteiger partial charge on any atom is 0.324 e. The molecule has 1 aliphatic carbocycles. The summed E-state index contributed by atoms with van der Waals surface area (Å²) in [7, 11) is -1.84. The molecule has 0 fully saturated rings. The molecule has 0 heterocycles. The summed E-state index contributed by atoms with van der Waals surface area (Å²) in [4.78, 5) is 12.9. The van der Waals surface area contributed by atoms with Gasteiger partial charge in [-0.05, 0) is 45.0 Å². The third-order valence-electron chi connectivity index (χ3n) is 4.35. The lowest BCUT2D eigenvalue weighted by molar-refractivity contribution is -0.152. The van der Waals surface area contributed by atoms with Gasteiger partial charge in [-0.25, -0.2) is 0 Å². The van der Waals surface area contributed by atoms with Crippen LogP contribution in [0.4, 0.5) is 0 Å². The van der Waals surface area contributed by atoms with Crippen LogP contribution in [0.25, 0.3) is 0 Å². The van der Waals surface area contributed by atoms with Gasteiger partial charge in [0.1, 0.15) is 13.5 Å². The number of carbonyl (C=O) groups is 1. The predicted octanol–water partition coefficient (Wildman–Crippen LogP) is 5.69. The number of esters is 1. The van der Waals surface area contributed by atoms with Crippen molar-refractivity contribution >= 4 is 22.4 Å². The van der Waals surface area contributed by atoms with Gasteiger partial charge in [0.05, 0.1) is 12.9 Å². The van der Waals surface area contributed by atoms with Gasteiger partial charge >= 0.3 is 5.97 Å². The number of hydrogen-bond acceptors (Lipinski definition) is 3. The fourth-order valence-electron chi connectivity index (χ4n) is 3.17. The van der Waals surface area contributed by atoms with Gasteiger partial charge in [-0.2, -0.15) is 0 Å². The Morgan fingerprint density at radius 3 is 2.52 bits per heavy atom. The third-order valence-corrected chi connectivity index (χ3v) is 6.10. The standard InChI is InChI=1S/C22H36O3Si2/c1-9-10-11-12-13-19-18-20(25-27(6,7)8)14-15-22(19,21(23)24-2)16-17-26(3,4)5/h9-11,18-19H,1,12-15H2,2-8H3/b11-10+/t19-,22+/m1/s1. The number of carbonyl (C=O) groups excluding carboxylic acids is 1. The molecule has 0 saturated carbocycles. The van der Waals surface area contributed by atoms with Gasteiger partial charge in [-0.1, -0.05) is 50.4 Å². The van der Waals surface area contributed by atoms with Gasteiger partial charge in [0, 0.05) is 12.3 Å². The molecular weight excluding hydrogens is 368 g/mol. The molecule has 0 saturated heterocycles. The Hall–Kier alpha value is -1.52. The van der Waals surface area contributed by atoms with Crippen LogP contribution in [0.5, 0.6) is 0 Å². The van der Waals surface area contributed by atoms with E-state index >= 15 is 0 Å². The van der Waals surface area contributed by atoms with Crippen LogP contribution in [0, 0.1) is 22.8 Å². The summed E-state index contributed by atoms with van der Waals surface area (Å²) in [5, 5.41) is 0. The maximum atomic E-state index is 12.9. The summed E-state index contributed by atoms with van der Waals surface area (Å²) in [6, 6.07) is 0. The first-order chi connectivity index (χ1) is 12.4. The highest BCUT2D eigenvalue weighted by atomic mass is 28.4. The quantitative estimate of drug-likeness (QED) is 0.236. The largest absolute Gasteiger partial charge is 0.548 e. The van der Waals surface area contributed by atoms with Crippen molar-refractivity contribution in [2.75, 3.05) is 7.11 Å². The van der Waals surface area contributed by atoms with Crippen molar-refractivity contribution in [2.24, 2.45) is 11.3 Å². The monoisotopic (exact) mass is 404 g/mol. The second-order valence-electron chi connectivity index (χ2n) is 9.16. The zero-order valence-corrected chi connectivity index (χ0v) is 20.1. The molecule has 150 valence electrons. The van der Waals surface area contributed by atoms with Crippen LogP contribution in [-0.4, -0.2) is 29.5 Å². The first-order valence-corrected chi connectivity index (χ1v) is 16.6. The van der Waals surface area contributed by atoms with E-state index in [1.54, 1.807) is 6.08 Å². The molecule has 0 aromatic heterocycles. The number of rotatable bonds is 7. The molecule has 0 aromatic carbocycles. The molecule has 3 nitrogen and oxygen atoms in total. The van der Waals surface area contributed by atoms with E-state index in [-0.39, 0.29) is 11.9 Å². The van der Waals surface area contributed by atoms with Gasteiger partial charge in [-0.15, -0.1) is 5.54 Å². The summed E-state index contributed by atoms with van der Waals surface area (Å²) in [5.74, 6) is 4.19. The minimum atomic E-state index is -1.69. The molecule has 1 aliphatic rings. The molecular formula is C22H36O3Si2. The third kappa shape index (κ3) is 7.55. The van der Waals surface area contributed by atoms with Crippen molar-refractivity contribution in [2.45, 2.75) is 65.0 Å². The normalized spacial score (nSPS) is 23.2. The van der Waals surface area contributed by atoms with Crippen LogP contribution in [0.1, 0.15) is 25.7 Å². The SMILES string of the molecule is C=C/C=C/CC[C@@H]1C=C(O[Si](C)(C)C)CC[C@@]1(C#C[Si](C)(C)C)C(=O)OC. The number of ether oxygens (including phenoxy) is 1. The number of methoxy groups -OCH3 is 1. The van der Waals surface area contributed by atoms with Gasteiger partial charge in [-0.3, -0.25) is 4.79 Å². The summed E-state index contributed by atoms with van der Waals surface area (Å²) < 4.78 is 11.5. The molecule has 0 bridgehead atoms. The Morgan fingerprint density at radius 2 is 2.00 bits per heavy atom. The minimum absolute atomic E-state index is 0.0108. The van der Waals surface area contributed by atoms with Crippen LogP contribution >= 0.6 is 0 Å². The summed E-state index contributed by atoms with van der Waals surface area (Å²) in [6.07, 6.45) is 11.0. The van der Waals surface area contributed by atoms with Crippen LogP contribution in [0.3, 0.4) is 0 Å². The minimum Gasteiger partial charge on any atom is -0.548 e. The van der Waals surface area contributed by atoms with E-state index in [2.05, 4.69) is 69.5 Å². The lowest BCUT2D eigenvalue weighted by Crippen LogP contribution is -2.41. The van der Waals surface area contributed by atoms with E-state index in [1.165, 1.54) is 7.11 Å². The van der Waals surface area contributed by atoms with Crippen molar-refractivity contribution < 1.29 is 14.0 Å². The van der Waals surface area contributed by atoms with Gasteiger partial charge in [0.15, 0.2) is 0 Å². The van der Waals surface area contributed by atoms with Crippen LogP contribution < -0.4 is 0 Å². The van der Waals surface area contributed by atoms with E-state index in [4.69, 9.17) is 9.16 Å². The summed E-state index contributed by atoms with van der Waals surface area (Å²) >= 11 is 0. The van der Waals surface area contributed by atoms with Gasteiger partial charge in [0.25, 0.3) is 0 Å². The highest BCUT2D eigenvalue weighted by molar-refractivity contribution is 6.83. The molecule has 5 heteroatoms. The van der Waals surface area contributed by atoms with Crippen molar-refractivity contribution in [3.8, 4) is 11.5 Å². The zero-order valence-electron chi connectivity index (χ0n) is 18.1. The summed E-state index contributed by atoms with van der Waals surface area (Å²) in [6.45, 7) is 16.9. The van der Waals surface area contributed by atoms with Crippen molar-refractivity contribution in [3.05, 3.63) is 36.6 Å². The van der Waals surface area contributed by atoms with Gasteiger partial charge in [0.2, 0.25) is 8.32 Å². The molecule has 0 aromatic rings. The molecule has 0 unspecified atom stereocenters. The van der Waals surface area contributed by atoms with Crippen LogP contribution in [0.2, 0.25) is 39.3 Å². The molecule has 0 amide bonds. The fraction of sp³-hybridized carbons (Fsp3) is 0.591. The average Bonchev–Trinajstić information content (AvgIpc) is 2.55. The van der Waals surface area contributed by atoms with E-state index in [0.29, 0.717) is 6.42 Å². The van der Waals surface area contributed by atoms with Crippen LogP contribution in [-0.2, 0) is 14.0 Å². The van der Waals surface area contributed by atoms with Crippen LogP contribution in [0.15, 0.2) is 36.6 Å². The molecule has 0 N–H and O–H groups in total. The first-order valence-electron chi connectivity index (χ1n) is 9.73. The second kappa shape index (κ2) is 9.61. The van der Waals surface area contributed by atoms with E-state index in [0.717, 1.165) is 25.0 Å². The lowest BCUT2D eigenvalue weighted by Gasteiger charge is -2.38. The Labute approximate surface area is 168 Å². The molecule has 0 radical (unpaired) electrons. The molecule has 27 heavy (non-hydrogen) atoms. The average molecular weight is 405 g/mol. The van der Waals surface area contributed by atoms with E-state index in [1.807, 2.05) is 6.08 Å². The lowest BCUT2D eigenvalue weighted by atomic mass is 9.67. The second-order valence-corrected chi connectivity index (χ2v) is 18.3. The Balaban J connectivity index is 3.33. The molecule has 2 atom stereocenters. The Morgan fingerprint density at radius 1 is 1.33 bits per heavy atom. The van der Waals surface area contributed by atoms with Gasteiger partial charge < -0.3 is 9.16 Å². The fourth-order valence-corrected chi connectivity index (χ4v) is 4.73.